The van der Waals surface area contributed by atoms with E-state index in [-0.39, 0.29) is 43.1 Å². The number of rotatable bonds is 5. The summed E-state index contributed by atoms with van der Waals surface area (Å²) in [4.78, 5) is 44.7. The minimum absolute atomic E-state index is 0.108. The third-order valence-electron chi connectivity index (χ3n) is 6.51. The number of β-amino-alcohol motifs (C(OH)–C–C–N with tert-alkyl or cyclic N) is 1. The van der Waals surface area contributed by atoms with Crippen molar-refractivity contribution in [3.05, 3.63) is 23.3 Å². The summed E-state index contributed by atoms with van der Waals surface area (Å²) in [6, 6.07) is 3.20. The second-order valence-corrected chi connectivity index (χ2v) is 11.5. The van der Waals surface area contributed by atoms with E-state index in [1.165, 1.54) is 4.90 Å². The standard InChI is InChI=1S/C27H41N3O6/c1-17(2)30(19-10-9-11-28(16-19)25(34)36-26(4,5)6)23(32)20-15-21-22(14-18(20)3)35-27(7,8)24(33)29(21)12-13-31/h14-15,17,19,31H,9-13,16H2,1-8H3. The van der Waals surface area contributed by atoms with E-state index in [0.717, 1.165) is 18.4 Å². The van der Waals surface area contributed by atoms with Gasteiger partial charge in [0.1, 0.15) is 11.4 Å². The average Bonchev–Trinajstić information content (AvgIpc) is 2.75. The van der Waals surface area contributed by atoms with E-state index >= 15 is 0 Å². The normalized spacial score (nSPS) is 19.6. The summed E-state index contributed by atoms with van der Waals surface area (Å²) in [6.07, 6.45) is 1.18. The van der Waals surface area contributed by atoms with Gasteiger partial charge in [-0.05, 0) is 85.9 Å². The van der Waals surface area contributed by atoms with Crippen LogP contribution >= 0.6 is 0 Å². The number of fused-ring (bicyclic) bond motifs is 1. The van der Waals surface area contributed by atoms with E-state index in [0.29, 0.717) is 30.1 Å². The molecule has 1 aromatic carbocycles. The number of aryl methyl sites for hydroxylation is 1. The number of piperidine rings is 1. The molecule has 2 aliphatic heterocycles. The molecule has 3 amide bonds. The van der Waals surface area contributed by atoms with Gasteiger partial charge in [0.05, 0.1) is 18.3 Å². The van der Waals surface area contributed by atoms with E-state index in [2.05, 4.69) is 0 Å². The Kier molecular flexibility index (Phi) is 7.93. The lowest BCUT2D eigenvalue weighted by molar-refractivity contribution is -0.132. The maximum Gasteiger partial charge on any atom is 0.410 e. The van der Waals surface area contributed by atoms with Crippen LogP contribution in [0.3, 0.4) is 0 Å². The minimum atomic E-state index is -1.07. The highest BCUT2D eigenvalue weighted by Gasteiger charge is 2.42. The quantitative estimate of drug-likeness (QED) is 0.657. The Bertz CT molecular complexity index is 1010. The highest BCUT2D eigenvalue weighted by molar-refractivity contribution is 6.05. The van der Waals surface area contributed by atoms with Crippen LogP contribution in [0, 0.1) is 6.92 Å². The molecule has 0 radical (unpaired) electrons. The molecule has 1 unspecified atom stereocenters. The third-order valence-corrected chi connectivity index (χ3v) is 6.51. The Morgan fingerprint density at radius 2 is 1.94 bits per heavy atom. The Balaban J connectivity index is 1.93. The molecule has 200 valence electrons. The molecule has 9 heteroatoms. The van der Waals surface area contributed by atoms with Crippen LogP contribution in [0.1, 0.15) is 77.2 Å². The highest BCUT2D eigenvalue weighted by atomic mass is 16.6. The predicted octanol–water partition coefficient (Wildman–Crippen LogP) is 3.74. The minimum Gasteiger partial charge on any atom is -0.476 e. The maximum absolute atomic E-state index is 14.0. The van der Waals surface area contributed by atoms with Gasteiger partial charge in [-0.3, -0.25) is 9.59 Å². The van der Waals surface area contributed by atoms with Gasteiger partial charge in [-0.1, -0.05) is 0 Å². The molecule has 1 atom stereocenters. The van der Waals surface area contributed by atoms with Crippen molar-refractivity contribution in [1.82, 2.24) is 9.80 Å². The summed E-state index contributed by atoms with van der Waals surface area (Å²) in [6.45, 7) is 15.6. The molecule has 1 aromatic rings. The number of benzene rings is 1. The topological polar surface area (TPSA) is 99.6 Å². The fraction of sp³-hybridized carbons (Fsp3) is 0.667. The molecule has 2 aliphatic rings. The molecular weight excluding hydrogens is 462 g/mol. The lowest BCUT2D eigenvalue weighted by Gasteiger charge is -2.42. The maximum atomic E-state index is 14.0. The van der Waals surface area contributed by atoms with Crippen LogP contribution in [-0.2, 0) is 9.53 Å². The van der Waals surface area contributed by atoms with Crippen LogP contribution in [-0.4, -0.2) is 82.3 Å². The number of amides is 3. The number of carbonyl (C=O) groups excluding carboxylic acids is 3. The van der Waals surface area contributed by atoms with Crippen LogP contribution in [0.2, 0.25) is 0 Å². The molecule has 0 bridgehead atoms. The molecule has 0 spiro atoms. The molecule has 0 aliphatic carbocycles. The number of hydrogen-bond acceptors (Lipinski definition) is 6. The van der Waals surface area contributed by atoms with Crippen molar-refractivity contribution in [2.75, 3.05) is 31.1 Å². The van der Waals surface area contributed by atoms with Gasteiger partial charge in [-0.2, -0.15) is 0 Å². The second-order valence-electron chi connectivity index (χ2n) is 11.5. The second kappa shape index (κ2) is 10.3. The number of hydrogen-bond donors (Lipinski definition) is 1. The summed E-state index contributed by atoms with van der Waals surface area (Å²) < 4.78 is 11.5. The molecule has 1 N–H and O–H groups in total. The van der Waals surface area contributed by atoms with Gasteiger partial charge in [0.2, 0.25) is 0 Å². The first-order chi connectivity index (χ1) is 16.7. The zero-order valence-electron chi connectivity index (χ0n) is 22.9. The lowest BCUT2D eigenvalue weighted by Crippen LogP contribution is -2.55. The van der Waals surface area contributed by atoms with Gasteiger partial charge >= 0.3 is 6.09 Å². The summed E-state index contributed by atoms with van der Waals surface area (Å²) in [5, 5.41) is 9.58. The van der Waals surface area contributed by atoms with Gasteiger partial charge in [0.15, 0.2) is 5.60 Å². The summed E-state index contributed by atoms with van der Waals surface area (Å²) in [5.74, 6) is 0.0711. The average molecular weight is 504 g/mol. The van der Waals surface area contributed by atoms with Gasteiger partial charge in [-0.25, -0.2) is 4.79 Å². The molecule has 3 rings (SSSR count). The van der Waals surface area contributed by atoms with Crippen LogP contribution < -0.4 is 9.64 Å². The van der Waals surface area contributed by atoms with Crippen molar-refractivity contribution in [2.24, 2.45) is 0 Å². The molecule has 1 fully saturated rings. The van der Waals surface area contributed by atoms with E-state index in [9.17, 15) is 19.5 Å². The van der Waals surface area contributed by atoms with Gasteiger partial charge in [0.25, 0.3) is 11.8 Å². The fourth-order valence-electron chi connectivity index (χ4n) is 4.90. The summed E-state index contributed by atoms with van der Waals surface area (Å²) >= 11 is 0. The SMILES string of the molecule is Cc1cc2c(cc1C(=O)N(C(C)C)C1CCCN(C(=O)OC(C)(C)C)C1)N(CCO)C(=O)C(C)(C)O2. The first-order valence-corrected chi connectivity index (χ1v) is 12.7. The fourth-order valence-corrected chi connectivity index (χ4v) is 4.90. The molecule has 2 heterocycles. The number of aliphatic hydroxyl groups excluding tert-OH is 1. The third kappa shape index (κ3) is 5.77. The Labute approximate surface area is 214 Å². The monoisotopic (exact) mass is 503 g/mol. The van der Waals surface area contributed by atoms with E-state index in [1.807, 2.05) is 46.4 Å². The van der Waals surface area contributed by atoms with E-state index in [1.54, 1.807) is 30.9 Å². The largest absolute Gasteiger partial charge is 0.476 e. The highest BCUT2D eigenvalue weighted by Crippen LogP contribution is 2.40. The number of carbonyl (C=O) groups is 3. The van der Waals surface area contributed by atoms with Gasteiger partial charge in [-0.15, -0.1) is 0 Å². The Morgan fingerprint density at radius 1 is 1.28 bits per heavy atom. The van der Waals surface area contributed by atoms with Crippen LogP contribution in [0.4, 0.5) is 10.5 Å². The Morgan fingerprint density at radius 3 is 2.53 bits per heavy atom. The van der Waals surface area contributed by atoms with Gasteiger partial charge in [0, 0.05) is 31.2 Å². The van der Waals surface area contributed by atoms with Crippen LogP contribution in [0.25, 0.3) is 0 Å². The van der Waals surface area contributed by atoms with Gasteiger partial charge < -0.3 is 29.3 Å². The molecule has 0 saturated carbocycles. The number of aliphatic hydroxyl groups is 1. The number of nitrogens with zero attached hydrogens (tertiary/aromatic N) is 3. The molecular formula is C27H41N3O6. The summed E-state index contributed by atoms with van der Waals surface area (Å²) in [5.41, 5.74) is 0.0168. The number of ether oxygens (including phenoxy) is 2. The molecule has 9 nitrogen and oxygen atoms in total. The zero-order chi connectivity index (χ0) is 27.0. The predicted molar refractivity (Wildman–Crippen MR) is 137 cm³/mol. The number of anilines is 1. The molecule has 36 heavy (non-hydrogen) atoms. The summed E-state index contributed by atoms with van der Waals surface area (Å²) in [7, 11) is 0. The van der Waals surface area contributed by atoms with Crippen molar-refractivity contribution in [2.45, 2.75) is 91.5 Å². The Hall–Kier alpha value is -2.81. The van der Waals surface area contributed by atoms with E-state index < -0.39 is 11.2 Å². The van der Waals surface area contributed by atoms with E-state index in [4.69, 9.17) is 9.47 Å². The number of likely N-dealkylation sites (tertiary alicyclic amines) is 1. The first kappa shape index (κ1) is 27.8. The van der Waals surface area contributed by atoms with Crippen molar-refractivity contribution in [3.8, 4) is 5.75 Å². The molecule has 1 saturated heterocycles. The van der Waals surface area contributed by atoms with Crippen LogP contribution in [0.15, 0.2) is 12.1 Å². The lowest BCUT2D eigenvalue weighted by atomic mass is 9.97. The van der Waals surface area contributed by atoms with Crippen molar-refractivity contribution >= 4 is 23.6 Å². The first-order valence-electron chi connectivity index (χ1n) is 12.7. The zero-order valence-corrected chi connectivity index (χ0v) is 22.9. The van der Waals surface area contributed by atoms with Crippen molar-refractivity contribution in [1.29, 1.82) is 0 Å². The van der Waals surface area contributed by atoms with Crippen molar-refractivity contribution < 1.29 is 29.0 Å². The smallest absolute Gasteiger partial charge is 0.410 e. The molecule has 0 aromatic heterocycles. The van der Waals surface area contributed by atoms with Crippen molar-refractivity contribution in [3.63, 3.8) is 0 Å². The van der Waals surface area contributed by atoms with Crippen LogP contribution in [0.5, 0.6) is 5.75 Å².